The van der Waals surface area contributed by atoms with Gasteiger partial charge in [0.15, 0.2) is 5.82 Å². The molecule has 2 bridgehead atoms. The number of ether oxygens (including phenoxy) is 2. The molecule has 0 radical (unpaired) electrons. The van der Waals surface area contributed by atoms with Crippen LogP contribution in [-0.2, 0) is 0 Å². The molecule has 5 aliphatic heterocycles. The van der Waals surface area contributed by atoms with Crippen molar-refractivity contribution in [1.29, 1.82) is 0 Å². The number of hydrogen-bond donors (Lipinski definition) is 1. The first-order chi connectivity index (χ1) is 22.4. The maximum Gasteiger partial charge on any atom is 0.319 e. The third-order valence-corrected chi connectivity index (χ3v) is 11.8. The second-order valence-electron chi connectivity index (χ2n) is 14.2. The monoisotopic (exact) mass is 620 g/mol. The van der Waals surface area contributed by atoms with Gasteiger partial charge in [0.25, 0.3) is 0 Å². The molecule has 6 aliphatic rings. The van der Waals surface area contributed by atoms with Crippen LogP contribution in [0.3, 0.4) is 0 Å². The molecule has 8 nitrogen and oxygen atoms in total. The minimum Gasteiger partial charge on any atom is -0.472 e. The molecule has 1 saturated carbocycles. The second kappa shape index (κ2) is 9.49. The van der Waals surface area contributed by atoms with E-state index in [1.165, 1.54) is 12.5 Å². The minimum absolute atomic E-state index is 0.00898. The molecule has 0 amide bonds. The summed E-state index contributed by atoms with van der Waals surface area (Å²) in [6, 6.07) is 8.98. The number of halogens is 2. The van der Waals surface area contributed by atoms with Crippen molar-refractivity contribution in [3.05, 3.63) is 47.5 Å². The van der Waals surface area contributed by atoms with Crippen LogP contribution >= 0.6 is 0 Å². The molecular formula is C36H34F2N6O2. The van der Waals surface area contributed by atoms with E-state index in [2.05, 4.69) is 21.0 Å². The minimum atomic E-state index is -0.636. The fourth-order valence-electron chi connectivity index (χ4n) is 9.73. The van der Waals surface area contributed by atoms with Crippen molar-refractivity contribution < 1.29 is 18.3 Å². The van der Waals surface area contributed by atoms with E-state index in [1.807, 2.05) is 13.0 Å². The van der Waals surface area contributed by atoms with Crippen LogP contribution in [0.1, 0.15) is 44.6 Å². The summed E-state index contributed by atoms with van der Waals surface area (Å²) in [5.74, 6) is 3.57. The maximum absolute atomic E-state index is 17.1. The molecule has 4 saturated heterocycles. The largest absolute Gasteiger partial charge is 0.472 e. The molecule has 7 atom stereocenters. The van der Waals surface area contributed by atoms with Crippen LogP contribution in [0.15, 0.2) is 30.3 Å². The van der Waals surface area contributed by atoms with Crippen molar-refractivity contribution in [2.75, 3.05) is 31.1 Å². The molecule has 1 N–H and O–H groups in total. The topological polar surface area (TPSA) is 75.6 Å². The third kappa shape index (κ3) is 3.64. The van der Waals surface area contributed by atoms with Gasteiger partial charge in [0.2, 0.25) is 5.88 Å². The molecule has 0 unspecified atom stereocenters. The predicted octanol–water partition coefficient (Wildman–Crippen LogP) is 5.06. The van der Waals surface area contributed by atoms with E-state index in [4.69, 9.17) is 30.8 Å². The number of nitrogens with one attached hydrogen (secondary N) is 1. The highest BCUT2D eigenvalue weighted by Gasteiger charge is 2.64. The zero-order chi connectivity index (χ0) is 30.9. The number of anilines is 1. The Hall–Kier alpha value is -4.07. The van der Waals surface area contributed by atoms with Crippen LogP contribution in [0.5, 0.6) is 11.9 Å². The van der Waals surface area contributed by atoms with Gasteiger partial charge in [-0.05, 0) is 68.9 Å². The Morgan fingerprint density at radius 3 is 2.93 bits per heavy atom. The number of terminal acetylenes is 1. The van der Waals surface area contributed by atoms with E-state index in [9.17, 15) is 4.39 Å². The summed E-state index contributed by atoms with van der Waals surface area (Å²) in [7, 11) is 0. The zero-order valence-electron chi connectivity index (χ0n) is 25.6. The number of piperidine rings is 1. The first-order valence-corrected chi connectivity index (χ1v) is 16.6. The van der Waals surface area contributed by atoms with E-state index in [0.29, 0.717) is 46.1 Å². The Labute approximate surface area is 265 Å². The Morgan fingerprint density at radius 1 is 1.13 bits per heavy atom. The number of benzene rings is 2. The number of piperazine rings is 1. The third-order valence-electron chi connectivity index (χ3n) is 11.8. The molecule has 46 heavy (non-hydrogen) atoms. The standard InChI is InChI=1S/C36H34F2N6O2/c1-3-22-25(37)10-8-19-6-4-7-23(27(19)22)30-29(38)31-28-33(44-16-21-9-11-26(39-21)32(44)18(2)46-34(28)40-30)42-35(41-31)45-17-36-12-5-13-43(36)15-20-14-24(20)36/h1,4,6-8,10,18,20-21,24,26,32,39H,5,9,11-17H2,2H3/t18-,20-,21+,24-,26-,32+,36-/m0/s1. The highest BCUT2D eigenvalue weighted by molar-refractivity contribution is 6.03. The van der Waals surface area contributed by atoms with E-state index in [0.717, 1.165) is 51.2 Å². The molecule has 7 heterocycles. The molecule has 4 aromatic rings. The van der Waals surface area contributed by atoms with Gasteiger partial charge in [-0.1, -0.05) is 30.2 Å². The first-order valence-electron chi connectivity index (χ1n) is 16.6. The quantitative estimate of drug-likeness (QED) is 0.318. The predicted molar refractivity (Wildman–Crippen MR) is 170 cm³/mol. The first kappa shape index (κ1) is 27.1. The molecular weight excluding hydrogens is 586 g/mol. The smallest absolute Gasteiger partial charge is 0.319 e. The van der Waals surface area contributed by atoms with Gasteiger partial charge in [-0.15, -0.1) is 6.42 Å². The van der Waals surface area contributed by atoms with Crippen LogP contribution in [0, 0.1) is 35.8 Å². The summed E-state index contributed by atoms with van der Waals surface area (Å²) >= 11 is 0. The highest BCUT2D eigenvalue weighted by atomic mass is 19.1. The van der Waals surface area contributed by atoms with Crippen molar-refractivity contribution in [2.45, 2.75) is 68.8 Å². The van der Waals surface area contributed by atoms with E-state index in [1.54, 1.807) is 18.2 Å². The summed E-state index contributed by atoms with van der Waals surface area (Å²) in [4.78, 5) is 19.5. The van der Waals surface area contributed by atoms with Crippen molar-refractivity contribution in [1.82, 2.24) is 25.2 Å². The molecule has 10 rings (SSSR count). The average molecular weight is 621 g/mol. The molecule has 10 heteroatoms. The van der Waals surface area contributed by atoms with Crippen LogP contribution < -0.4 is 19.7 Å². The number of hydrogen-bond acceptors (Lipinski definition) is 8. The van der Waals surface area contributed by atoms with Gasteiger partial charge in [0.1, 0.15) is 40.9 Å². The highest BCUT2D eigenvalue weighted by Crippen LogP contribution is 2.59. The van der Waals surface area contributed by atoms with Crippen molar-refractivity contribution in [3.8, 4) is 35.5 Å². The summed E-state index contributed by atoms with van der Waals surface area (Å²) in [6.45, 7) is 5.48. The van der Waals surface area contributed by atoms with E-state index < -0.39 is 11.6 Å². The fraction of sp³-hybridized carbons (Fsp3) is 0.472. The lowest BCUT2D eigenvalue weighted by atomic mass is 9.92. The lowest BCUT2D eigenvalue weighted by Crippen LogP contribution is -2.62. The molecule has 2 aromatic heterocycles. The molecule has 1 aliphatic carbocycles. The Bertz CT molecular complexity index is 2010. The van der Waals surface area contributed by atoms with Gasteiger partial charge in [-0.2, -0.15) is 9.97 Å². The van der Waals surface area contributed by atoms with Gasteiger partial charge in [-0.25, -0.2) is 13.8 Å². The van der Waals surface area contributed by atoms with Crippen molar-refractivity contribution in [2.24, 2.45) is 11.8 Å². The van der Waals surface area contributed by atoms with Gasteiger partial charge < -0.3 is 19.7 Å². The number of pyridine rings is 1. The maximum atomic E-state index is 17.1. The van der Waals surface area contributed by atoms with Crippen molar-refractivity contribution >= 4 is 27.5 Å². The van der Waals surface area contributed by atoms with Gasteiger partial charge in [0.05, 0.1) is 17.1 Å². The summed E-state index contributed by atoms with van der Waals surface area (Å²) in [5, 5.41) is 5.31. The normalized spacial score (nSPS) is 32.1. The van der Waals surface area contributed by atoms with E-state index in [-0.39, 0.29) is 52.4 Å². The number of rotatable bonds is 4. The Kier molecular flexibility index (Phi) is 5.59. The summed E-state index contributed by atoms with van der Waals surface area (Å²) in [5.41, 5.74) is 0.558. The number of aromatic nitrogens is 3. The Balaban J connectivity index is 1.18. The zero-order valence-corrected chi connectivity index (χ0v) is 25.6. The second-order valence-corrected chi connectivity index (χ2v) is 14.2. The number of nitrogens with zero attached hydrogens (tertiary/aromatic N) is 5. The van der Waals surface area contributed by atoms with Gasteiger partial charge in [0, 0.05) is 36.1 Å². The average Bonchev–Trinajstić information content (AvgIpc) is 3.44. The van der Waals surface area contributed by atoms with E-state index >= 15 is 4.39 Å². The van der Waals surface area contributed by atoms with Crippen molar-refractivity contribution in [3.63, 3.8) is 0 Å². The molecule has 2 aromatic carbocycles. The fourth-order valence-corrected chi connectivity index (χ4v) is 9.73. The Morgan fingerprint density at radius 2 is 2.04 bits per heavy atom. The van der Waals surface area contributed by atoms with Crippen LogP contribution in [0.25, 0.3) is 32.9 Å². The summed E-state index contributed by atoms with van der Waals surface area (Å²) in [6.07, 6.45) is 11.1. The molecule has 0 spiro atoms. The SMILES string of the molecule is C#Cc1c(F)ccc2cccc(-c3nc4c5c(nc(OC[C@]67CCCN6C[C@@H]6C[C@@H]67)nc5c3F)N3C[C@H]5CC[C@H](N5)[C@H]3[C@H](C)O4)c12. The lowest BCUT2D eigenvalue weighted by molar-refractivity contribution is 0.0829. The van der Waals surface area contributed by atoms with Crippen LogP contribution in [0.2, 0.25) is 0 Å². The number of fused-ring (bicyclic) bond motifs is 9. The summed E-state index contributed by atoms with van der Waals surface area (Å²) < 4.78 is 45.2. The molecule has 234 valence electrons. The van der Waals surface area contributed by atoms with Crippen LogP contribution in [0.4, 0.5) is 14.6 Å². The van der Waals surface area contributed by atoms with Crippen LogP contribution in [-0.4, -0.2) is 75.9 Å². The van der Waals surface area contributed by atoms with Gasteiger partial charge in [-0.3, -0.25) is 4.90 Å². The van der Waals surface area contributed by atoms with Gasteiger partial charge >= 0.3 is 6.01 Å². The lowest BCUT2D eigenvalue weighted by Gasteiger charge is -2.42. The molecule has 5 fully saturated rings.